The van der Waals surface area contributed by atoms with E-state index in [0.29, 0.717) is 0 Å². The van der Waals surface area contributed by atoms with E-state index in [9.17, 15) is 0 Å². The quantitative estimate of drug-likeness (QED) is 0.888. The van der Waals surface area contributed by atoms with Gasteiger partial charge in [0.05, 0.1) is 23.6 Å². The van der Waals surface area contributed by atoms with Gasteiger partial charge in [0.15, 0.2) is 0 Å². The summed E-state index contributed by atoms with van der Waals surface area (Å²) >= 11 is 7.91. The van der Waals surface area contributed by atoms with Crippen molar-refractivity contribution in [2.24, 2.45) is 0 Å². The zero-order valence-corrected chi connectivity index (χ0v) is 10.2. The highest BCUT2D eigenvalue weighted by Gasteiger charge is 2.18. The molecule has 2 aromatic heterocycles. The molecule has 0 spiro atoms. The third-order valence-electron chi connectivity index (χ3n) is 2.35. The monoisotopic (exact) mass is 241 g/mol. The first-order valence-corrected chi connectivity index (χ1v) is 5.92. The topological polar surface area (TPSA) is 25.2 Å². The molecule has 0 saturated carbocycles. The van der Waals surface area contributed by atoms with E-state index >= 15 is 0 Å². The molecule has 0 aliphatic heterocycles. The standard InChI is InChI=1S/C11H12ClNOS/c1-7-6-15-11(9(7)12)10(13-2)8-3-4-14-5-8/h3-6,10,13H,1-2H3. The summed E-state index contributed by atoms with van der Waals surface area (Å²) in [6, 6.07) is 2.07. The summed E-state index contributed by atoms with van der Waals surface area (Å²) in [5, 5.41) is 6.16. The molecule has 4 heteroatoms. The van der Waals surface area contributed by atoms with E-state index in [-0.39, 0.29) is 6.04 Å². The molecule has 0 aliphatic carbocycles. The molecule has 0 fully saturated rings. The molecule has 1 N–H and O–H groups in total. The van der Waals surface area contributed by atoms with Gasteiger partial charge in [-0.3, -0.25) is 0 Å². The first-order chi connectivity index (χ1) is 7.24. The lowest BCUT2D eigenvalue weighted by molar-refractivity contribution is 0.558. The molecular weight excluding hydrogens is 230 g/mol. The van der Waals surface area contributed by atoms with Crippen LogP contribution in [0.5, 0.6) is 0 Å². The predicted molar refractivity (Wildman–Crippen MR) is 63.7 cm³/mol. The molecule has 2 rings (SSSR count). The second-order valence-corrected chi connectivity index (χ2v) is 4.66. The van der Waals surface area contributed by atoms with E-state index < -0.39 is 0 Å². The highest BCUT2D eigenvalue weighted by atomic mass is 35.5. The van der Waals surface area contributed by atoms with Gasteiger partial charge in [-0.15, -0.1) is 11.3 Å². The van der Waals surface area contributed by atoms with Gasteiger partial charge >= 0.3 is 0 Å². The van der Waals surface area contributed by atoms with E-state index in [1.807, 2.05) is 20.0 Å². The summed E-state index contributed by atoms with van der Waals surface area (Å²) < 4.78 is 5.09. The van der Waals surface area contributed by atoms with Crippen LogP contribution in [0.15, 0.2) is 28.4 Å². The Morgan fingerprint density at radius 1 is 1.53 bits per heavy atom. The minimum Gasteiger partial charge on any atom is -0.472 e. The molecule has 0 bridgehead atoms. The molecule has 15 heavy (non-hydrogen) atoms. The lowest BCUT2D eigenvalue weighted by Crippen LogP contribution is -2.16. The number of furan rings is 1. The van der Waals surface area contributed by atoms with Gasteiger partial charge in [-0.05, 0) is 31.0 Å². The molecule has 0 radical (unpaired) electrons. The predicted octanol–water partition coefficient (Wildman–Crippen LogP) is 3.61. The lowest BCUT2D eigenvalue weighted by atomic mass is 10.1. The Morgan fingerprint density at radius 3 is 2.80 bits per heavy atom. The van der Waals surface area contributed by atoms with Gasteiger partial charge in [-0.1, -0.05) is 11.6 Å². The van der Waals surface area contributed by atoms with Crippen molar-refractivity contribution in [3.8, 4) is 0 Å². The minimum absolute atomic E-state index is 0.120. The van der Waals surface area contributed by atoms with Crippen molar-refractivity contribution in [2.45, 2.75) is 13.0 Å². The van der Waals surface area contributed by atoms with E-state index in [1.54, 1.807) is 23.9 Å². The Bertz CT molecular complexity index is 435. The molecule has 0 aliphatic rings. The van der Waals surface area contributed by atoms with Crippen LogP contribution in [0, 0.1) is 6.92 Å². The third-order valence-corrected chi connectivity index (χ3v) is 4.13. The van der Waals surface area contributed by atoms with Gasteiger partial charge in [0.2, 0.25) is 0 Å². The van der Waals surface area contributed by atoms with Crippen LogP contribution < -0.4 is 5.32 Å². The Morgan fingerprint density at radius 2 is 2.33 bits per heavy atom. The van der Waals surface area contributed by atoms with Crippen LogP contribution in [-0.4, -0.2) is 7.05 Å². The van der Waals surface area contributed by atoms with Crippen LogP contribution in [0.2, 0.25) is 5.02 Å². The Balaban J connectivity index is 2.40. The fourth-order valence-corrected chi connectivity index (χ4v) is 2.97. The van der Waals surface area contributed by atoms with Gasteiger partial charge in [0.1, 0.15) is 0 Å². The zero-order valence-electron chi connectivity index (χ0n) is 8.58. The average molecular weight is 242 g/mol. The normalized spacial score (nSPS) is 13.0. The molecule has 1 atom stereocenters. The van der Waals surface area contributed by atoms with E-state index in [0.717, 1.165) is 21.0 Å². The molecule has 2 aromatic rings. The molecule has 2 nitrogen and oxygen atoms in total. The number of halogens is 1. The highest BCUT2D eigenvalue weighted by Crippen LogP contribution is 2.35. The number of aryl methyl sites for hydroxylation is 1. The maximum Gasteiger partial charge on any atom is 0.0954 e. The van der Waals surface area contributed by atoms with Crippen molar-refractivity contribution in [1.29, 1.82) is 0 Å². The number of thiophene rings is 1. The summed E-state index contributed by atoms with van der Waals surface area (Å²) in [5.74, 6) is 0. The number of hydrogen-bond acceptors (Lipinski definition) is 3. The van der Waals surface area contributed by atoms with Crippen molar-refractivity contribution >= 4 is 22.9 Å². The van der Waals surface area contributed by atoms with Crippen LogP contribution in [-0.2, 0) is 0 Å². The third kappa shape index (κ3) is 1.95. The first-order valence-electron chi connectivity index (χ1n) is 4.67. The van der Waals surface area contributed by atoms with Gasteiger partial charge in [0, 0.05) is 10.4 Å². The van der Waals surface area contributed by atoms with Crippen LogP contribution in [0.4, 0.5) is 0 Å². The maximum absolute atomic E-state index is 6.24. The molecule has 1 unspecified atom stereocenters. The maximum atomic E-state index is 6.24. The van der Waals surface area contributed by atoms with Crippen molar-refractivity contribution in [3.05, 3.63) is 45.0 Å². The fourth-order valence-electron chi connectivity index (χ4n) is 1.53. The second-order valence-electron chi connectivity index (χ2n) is 3.38. The van der Waals surface area contributed by atoms with Crippen LogP contribution in [0.1, 0.15) is 22.0 Å². The van der Waals surface area contributed by atoms with Crippen molar-refractivity contribution < 1.29 is 4.42 Å². The van der Waals surface area contributed by atoms with Crippen molar-refractivity contribution in [3.63, 3.8) is 0 Å². The summed E-state index contributed by atoms with van der Waals surface area (Å²) in [6.45, 7) is 2.02. The largest absolute Gasteiger partial charge is 0.472 e. The molecule has 2 heterocycles. The van der Waals surface area contributed by atoms with Crippen LogP contribution >= 0.6 is 22.9 Å². The van der Waals surface area contributed by atoms with Gasteiger partial charge in [-0.2, -0.15) is 0 Å². The summed E-state index contributed by atoms with van der Waals surface area (Å²) in [5.41, 5.74) is 2.22. The number of rotatable bonds is 3. The highest BCUT2D eigenvalue weighted by molar-refractivity contribution is 7.10. The fraction of sp³-hybridized carbons (Fsp3) is 0.273. The summed E-state index contributed by atoms with van der Waals surface area (Å²) in [7, 11) is 1.92. The second kappa shape index (κ2) is 4.39. The van der Waals surface area contributed by atoms with Crippen molar-refractivity contribution in [1.82, 2.24) is 5.32 Å². The first kappa shape index (κ1) is 10.7. The molecule has 0 saturated heterocycles. The number of hydrogen-bond donors (Lipinski definition) is 1. The SMILES string of the molecule is CNC(c1ccoc1)c1scc(C)c1Cl. The average Bonchev–Trinajstić information content (AvgIpc) is 2.84. The molecular formula is C11H12ClNOS. The van der Waals surface area contributed by atoms with Gasteiger partial charge < -0.3 is 9.73 Å². The van der Waals surface area contributed by atoms with E-state index in [4.69, 9.17) is 16.0 Å². The molecule has 0 aromatic carbocycles. The molecule has 0 amide bonds. The molecule has 80 valence electrons. The number of nitrogens with one attached hydrogen (secondary N) is 1. The van der Waals surface area contributed by atoms with Crippen molar-refractivity contribution in [2.75, 3.05) is 7.05 Å². The van der Waals surface area contributed by atoms with E-state index in [2.05, 4.69) is 10.7 Å². The smallest absolute Gasteiger partial charge is 0.0954 e. The minimum atomic E-state index is 0.120. The lowest BCUT2D eigenvalue weighted by Gasteiger charge is -2.13. The summed E-state index contributed by atoms with van der Waals surface area (Å²) in [4.78, 5) is 1.14. The van der Waals surface area contributed by atoms with Gasteiger partial charge in [-0.25, -0.2) is 0 Å². The van der Waals surface area contributed by atoms with Gasteiger partial charge in [0.25, 0.3) is 0 Å². The summed E-state index contributed by atoms with van der Waals surface area (Å²) in [6.07, 6.45) is 3.42. The Hall–Kier alpha value is -0.770. The van der Waals surface area contributed by atoms with Crippen LogP contribution in [0.25, 0.3) is 0 Å². The Kier molecular flexibility index (Phi) is 3.14. The Labute approximate surface area is 97.9 Å². The zero-order chi connectivity index (χ0) is 10.8. The van der Waals surface area contributed by atoms with Crippen LogP contribution in [0.3, 0.4) is 0 Å². The van der Waals surface area contributed by atoms with E-state index in [1.165, 1.54) is 0 Å².